The van der Waals surface area contributed by atoms with Gasteiger partial charge < -0.3 is 5.73 Å². The maximum Gasteiger partial charge on any atom is 0.269 e. The maximum absolute atomic E-state index is 12.2. The van der Waals surface area contributed by atoms with Crippen molar-refractivity contribution in [1.82, 2.24) is 9.78 Å². The van der Waals surface area contributed by atoms with E-state index in [9.17, 15) is 9.59 Å². The second-order valence-electron chi connectivity index (χ2n) is 7.02. The molecule has 0 aliphatic heterocycles. The van der Waals surface area contributed by atoms with Crippen molar-refractivity contribution in [3.63, 3.8) is 0 Å². The van der Waals surface area contributed by atoms with Crippen molar-refractivity contribution >= 4 is 11.7 Å². The summed E-state index contributed by atoms with van der Waals surface area (Å²) in [6, 6.07) is 8.05. The van der Waals surface area contributed by atoms with Gasteiger partial charge in [-0.3, -0.25) is 9.59 Å². The van der Waals surface area contributed by atoms with Crippen LogP contribution >= 0.6 is 0 Å². The first-order valence-corrected chi connectivity index (χ1v) is 7.85. The van der Waals surface area contributed by atoms with Crippen molar-refractivity contribution in [3.8, 4) is 5.69 Å². The third-order valence-electron chi connectivity index (χ3n) is 4.29. The summed E-state index contributed by atoms with van der Waals surface area (Å²) in [4.78, 5) is 23.8. The van der Waals surface area contributed by atoms with Crippen LogP contribution < -0.4 is 5.73 Å². The third kappa shape index (κ3) is 2.67. The Morgan fingerprint density at radius 2 is 1.83 bits per heavy atom. The average molecular weight is 311 g/mol. The van der Waals surface area contributed by atoms with Crippen LogP contribution in [0.2, 0.25) is 0 Å². The summed E-state index contributed by atoms with van der Waals surface area (Å²) >= 11 is 0. The zero-order chi connectivity index (χ0) is 16.8. The van der Waals surface area contributed by atoms with Crippen LogP contribution in [0.1, 0.15) is 65.7 Å². The molecule has 0 saturated heterocycles. The Morgan fingerprint density at radius 3 is 2.39 bits per heavy atom. The minimum absolute atomic E-state index is 0.0439. The molecule has 0 atom stereocenters. The Kier molecular flexibility index (Phi) is 3.59. The minimum atomic E-state index is -0.651. The van der Waals surface area contributed by atoms with E-state index in [0.717, 1.165) is 24.2 Å². The first-order chi connectivity index (χ1) is 10.8. The van der Waals surface area contributed by atoms with E-state index in [2.05, 4.69) is 38.0 Å². The molecular weight excluding hydrogens is 290 g/mol. The van der Waals surface area contributed by atoms with Crippen LogP contribution in [-0.2, 0) is 11.8 Å². The lowest BCUT2D eigenvalue weighted by Gasteiger charge is -2.19. The second-order valence-corrected chi connectivity index (χ2v) is 7.02. The number of benzene rings is 1. The van der Waals surface area contributed by atoms with Gasteiger partial charge in [0, 0.05) is 6.42 Å². The summed E-state index contributed by atoms with van der Waals surface area (Å²) < 4.78 is 1.69. The van der Waals surface area contributed by atoms with Crippen LogP contribution in [0.3, 0.4) is 0 Å². The summed E-state index contributed by atoms with van der Waals surface area (Å²) in [5.74, 6) is -0.695. The van der Waals surface area contributed by atoms with Gasteiger partial charge in [0.15, 0.2) is 11.5 Å². The molecule has 5 nitrogen and oxygen atoms in total. The number of nitrogens with zero attached hydrogens (tertiary/aromatic N) is 2. The minimum Gasteiger partial charge on any atom is -0.364 e. The van der Waals surface area contributed by atoms with Crippen LogP contribution in [-0.4, -0.2) is 21.5 Å². The zero-order valence-electron chi connectivity index (χ0n) is 13.7. The Bertz CT molecular complexity index is 780. The summed E-state index contributed by atoms with van der Waals surface area (Å²) in [7, 11) is 0. The molecule has 1 heterocycles. The van der Waals surface area contributed by atoms with E-state index in [4.69, 9.17) is 5.73 Å². The van der Waals surface area contributed by atoms with Crippen LogP contribution in [0.15, 0.2) is 24.3 Å². The van der Waals surface area contributed by atoms with Gasteiger partial charge in [0.05, 0.1) is 16.9 Å². The van der Waals surface area contributed by atoms with Crippen molar-refractivity contribution in [2.24, 2.45) is 5.73 Å². The fraction of sp³-hybridized carbons (Fsp3) is 0.389. The fourth-order valence-corrected chi connectivity index (χ4v) is 3.01. The number of nitrogens with two attached hydrogens (primary N) is 1. The lowest BCUT2D eigenvalue weighted by molar-refractivity contribution is 0.0948. The van der Waals surface area contributed by atoms with E-state index in [0.29, 0.717) is 12.0 Å². The molecule has 23 heavy (non-hydrogen) atoms. The molecule has 0 unspecified atom stereocenters. The molecule has 0 bridgehead atoms. The number of fused-ring (bicyclic) bond motifs is 1. The number of carbonyl (C=O) groups is 2. The van der Waals surface area contributed by atoms with Crippen LogP contribution in [0.5, 0.6) is 0 Å². The quantitative estimate of drug-likeness (QED) is 0.926. The topological polar surface area (TPSA) is 78.0 Å². The Morgan fingerprint density at radius 1 is 1.17 bits per heavy atom. The molecule has 1 aromatic heterocycles. The number of ketones is 1. The predicted octanol–water partition coefficient (Wildman–Crippen LogP) is 2.79. The molecule has 3 rings (SSSR count). The van der Waals surface area contributed by atoms with Gasteiger partial charge in [0.2, 0.25) is 0 Å². The molecule has 1 aliphatic rings. The lowest BCUT2D eigenvalue weighted by Crippen LogP contribution is -2.18. The van der Waals surface area contributed by atoms with Crippen LogP contribution in [0, 0.1) is 0 Å². The third-order valence-corrected chi connectivity index (χ3v) is 4.29. The monoisotopic (exact) mass is 311 g/mol. The highest BCUT2D eigenvalue weighted by Crippen LogP contribution is 2.28. The molecule has 1 aromatic carbocycles. The summed E-state index contributed by atoms with van der Waals surface area (Å²) in [5.41, 5.74) is 8.82. The van der Waals surface area contributed by atoms with Gasteiger partial charge in [-0.25, -0.2) is 4.68 Å². The molecule has 1 aliphatic carbocycles. The first-order valence-electron chi connectivity index (χ1n) is 7.85. The van der Waals surface area contributed by atoms with Crippen molar-refractivity contribution < 1.29 is 9.59 Å². The number of Topliss-reactive ketones (excluding diaryl/α,β-unsaturated/α-hetero) is 1. The first kappa shape index (κ1) is 15.5. The molecule has 120 valence electrons. The van der Waals surface area contributed by atoms with Gasteiger partial charge in [0.1, 0.15) is 0 Å². The van der Waals surface area contributed by atoms with Gasteiger partial charge in [-0.05, 0) is 36.0 Å². The van der Waals surface area contributed by atoms with Crippen LogP contribution in [0.4, 0.5) is 0 Å². The number of hydrogen-bond donors (Lipinski definition) is 1. The SMILES string of the molecule is CC(C)(C)c1ccc(-n2nc(C(N)=O)c3c2CCCC3=O)cc1. The second kappa shape index (κ2) is 5.33. The number of hydrogen-bond acceptors (Lipinski definition) is 3. The molecular formula is C18H21N3O2. The van der Waals surface area contributed by atoms with Gasteiger partial charge in [-0.15, -0.1) is 0 Å². The largest absolute Gasteiger partial charge is 0.364 e. The van der Waals surface area contributed by atoms with Gasteiger partial charge in [0.25, 0.3) is 5.91 Å². The van der Waals surface area contributed by atoms with Crippen LogP contribution in [0.25, 0.3) is 5.69 Å². The van der Waals surface area contributed by atoms with E-state index < -0.39 is 5.91 Å². The molecule has 2 aromatic rings. The van der Waals surface area contributed by atoms with Crippen molar-refractivity contribution in [3.05, 3.63) is 46.8 Å². The van der Waals surface area contributed by atoms with Crippen molar-refractivity contribution in [1.29, 1.82) is 0 Å². The molecule has 1 amide bonds. The number of primary amides is 1. The summed E-state index contributed by atoms with van der Waals surface area (Å²) in [5, 5.41) is 4.33. The van der Waals surface area contributed by atoms with Gasteiger partial charge in [-0.1, -0.05) is 32.9 Å². The van der Waals surface area contributed by atoms with Gasteiger partial charge in [-0.2, -0.15) is 5.10 Å². The number of carbonyl (C=O) groups excluding carboxylic acids is 2. The van der Waals surface area contributed by atoms with Crippen molar-refractivity contribution in [2.75, 3.05) is 0 Å². The fourth-order valence-electron chi connectivity index (χ4n) is 3.01. The normalized spacial score (nSPS) is 14.7. The Balaban J connectivity index is 2.12. The van der Waals surface area contributed by atoms with E-state index in [-0.39, 0.29) is 16.9 Å². The standard InChI is InChI=1S/C18H21N3O2/c1-18(2,3)11-7-9-12(10-8-11)21-13-5-4-6-14(22)15(13)16(20-21)17(19)23/h7-10H,4-6H2,1-3H3,(H2,19,23). The van der Waals surface area contributed by atoms with E-state index in [1.807, 2.05) is 12.1 Å². The molecule has 0 fully saturated rings. The smallest absolute Gasteiger partial charge is 0.269 e. The highest BCUT2D eigenvalue weighted by Gasteiger charge is 2.29. The van der Waals surface area contributed by atoms with E-state index in [1.165, 1.54) is 5.56 Å². The highest BCUT2D eigenvalue weighted by molar-refractivity contribution is 6.08. The predicted molar refractivity (Wildman–Crippen MR) is 88.1 cm³/mol. The maximum atomic E-state index is 12.2. The van der Waals surface area contributed by atoms with Crippen molar-refractivity contribution in [2.45, 2.75) is 45.4 Å². The molecule has 0 spiro atoms. The summed E-state index contributed by atoms with van der Waals surface area (Å²) in [6.07, 6.45) is 1.94. The molecule has 0 saturated carbocycles. The number of rotatable bonds is 2. The van der Waals surface area contributed by atoms with E-state index in [1.54, 1.807) is 4.68 Å². The Labute approximate surface area is 135 Å². The number of aromatic nitrogens is 2. The average Bonchev–Trinajstić information content (AvgIpc) is 2.88. The number of amides is 1. The molecule has 2 N–H and O–H groups in total. The molecule has 0 radical (unpaired) electrons. The zero-order valence-corrected chi connectivity index (χ0v) is 13.7. The lowest BCUT2D eigenvalue weighted by atomic mass is 9.87. The summed E-state index contributed by atoms with van der Waals surface area (Å²) in [6.45, 7) is 6.46. The van der Waals surface area contributed by atoms with Gasteiger partial charge >= 0.3 is 0 Å². The van der Waals surface area contributed by atoms with E-state index >= 15 is 0 Å². The molecule has 5 heteroatoms. The highest BCUT2D eigenvalue weighted by atomic mass is 16.1. The Hall–Kier alpha value is -2.43.